The van der Waals surface area contributed by atoms with E-state index in [4.69, 9.17) is 15.0 Å². The summed E-state index contributed by atoms with van der Waals surface area (Å²) in [6, 6.07) is 6.45. The van der Waals surface area contributed by atoms with Gasteiger partial charge in [0, 0.05) is 6.04 Å². The lowest BCUT2D eigenvalue weighted by molar-refractivity contribution is 0.00578. The number of fused-ring (bicyclic) bond motifs is 1. The first-order valence-electron chi connectivity index (χ1n) is 7.05. The summed E-state index contributed by atoms with van der Waals surface area (Å²) < 4.78 is 12.3. The van der Waals surface area contributed by atoms with E-state index < -0.39 is 0 Å². The van der Waals surface area contributed by atoms with E-state index in [0.717, 1.165) is 18.3 Å². The van der Waals surface area contributed by atoms with Gasteiger partial charge in [-0.3, -0.25) is 0 Å². The third kappa shape index (κ3) is 1.94. The van der Waals surface area contributed by atoms with Crippen molar-refractivity contribution in [2.45, 2.75) is 57.8 Å². The second-order valence-corrected chi connectivity index (χ2v) is 6.65. The van der Waals surface area contributed by atoms with Gasteiger partial charge in [0.25, 0.3) is 0 Å². The van der Waals surface area contributed by atoms with E-state index in [9.17, 15) is 0 Å². The van der Waals surface area contributed by atoms with Crippen LogP contribution in [-0.4, -0.2) is 18.3 Å². The summed E-state index contributed by atoms with van der Waals surface area (Å²) in [7, 11) is -0.302. The zero-order valence-corrected chi connectivity index (χ0v) is 12.2. The minimum atomic E-state index is -0.302. The van der Waals surface area contributed by atoms with E-state index >= 15 is 0 Å². The Morgan fingerprint density at radius 2 is 1.79 bits per heavy atom. The topological polar surface area (TPSA) is 44.5 Å². The van der Waals surface area contributed by atoms with Gasteiger partial charge < -0.3 is 15.0 Å². The van der Waals surface area contributed by atoms with Gasteiger partial charge in [-0.25, -0.2) is 0 Å². The lowest BCUT2D eigenvalue weighted by Gasteiger charge is -2.32. The van der Waals surface area contributed by atoms with Gasteiger partial charge in [0.15, 0.2) is 0 Å². The first kappa shape index (κ1) is 13.2. The predicted molar refractivity (Wildman–Crippen MR) is 77.4 cm³/mol. The molecule has 102 valence electrons. The second kappa shape index (κ2) is 4.08. The molecule has 1 aromatic carbocycles. The molecule has 1 aliphatic carbocycles. The highest BCUT2D eigenvalue weighted by molar-refractivity contribution is 6.62. The van der Waals surface area contributed by atoms with E-state index in [1.165, 1.54) is 11.1 Å². The molecule has 0 bridgehead atoms. The zero-order chi connectivity index (χ0) is 13.8. The van der Waals surface area contributed by atoms with Gasteiger partial charge in [-0.2, -0.15) is 0 Å². The molecule has 4 heteroatoms. The maximum Gasteiger partial charge on any atom is 0.495 e. The Kier molecular flexibility index (Phi) is 2.82. The van der Waals surface area contributed by atoms with Crippen molar-refractivity contribution in [1.29, 1.82) is 0 Å². The van der Waals surface area contributed by atoms with Crippen LogP contribution in [0, 0.1) is 0 Å². The minimum absolute atomic E-state index is 0.116. The van der Waals surface area contributed by atoms with Gasteiger partial charge in [-0.15, -0.1) is 0 Å². The molecule has 1 fully saturated rings. The summed E-state index contributed by atoms with van der Waals surface area (Å²) in [5, 5.41) is 0. The highest BCUT2D eigenvalue weighted by atomic mass is 16.7. The maximum atomic E-state index is 6.24. The molecule has 2 aliphatic rings. The van der Waals surface area contributed by atoms with Crippen molar-refractivity contribution in [2.75, 3.05) is 0 Å². The third-order valence-corrected chi connectivity index (χ3v) is 4.83. The number of rotatable bonds is 1. The summed E-state index contributed by atoms with van der Waals surface area (Å²) in [6.45, 7) is 8.32. The Morgan fingerprint density at radius 3 is 2.42 bits per heavy atom. The van der Waals surface area contributed by atoms with Gasteiger partial charge in [-0.1, -0.05) is 18.2 Å². The molecule has 1 aromatic rings. The molecule has 0 aromatic heterocycles. The second-order valence-electron chi connectivity index (χ2n) is 6.65. The summed E-state index contributed by atoms with van der Waals surface area (Å²) in [5.41, 5.74) is 9.33. The van der Waals surface area contributed by atoms with Gasteiger partial charge in [0.1, 0.15) is 0 Å². The predicted octanol–water partition coefficient (Wildman–Crippen LogP) is 1.93. The molecule has 0 saturated carbocycles. The van der Waals surface area contributed by atoms with Gasteiger partial charge in [0.2, 0.25) is 0 Å². The van der Waals surface area contributed by atoms with Crippen LogP contribution in [0.2, 0.25) is 0 Å². The Morgan fingerprint density at radius 1 is 1.16 bits per heavy atom. The van der Waals surface area contributed by atoms with E-state index in [1.807, 2.05) is 0 Å². The molecule has 2 N–H and O–H groups in total. The lowest BCUT2D eigenvalue weighted by atomic mass is 9.74. The molecule has 19 heavy (non-hydrogen) atoms. The van der Waals surface area contributed by atoms with Gasteiger partial charge in [-0.05, 0) is 57.1 Å². The standard InChI is InChI=1S/C15H22BNO2/c1-14(2)15(3,4)19-16(18-14)11-7-5-6-10-8-9-12(17)13(10)11/h5-7,12H,8-9,17H2,1-4H3. The van der Waals surface area contributed by atoms with Crippen molar-refractivity contribution < 1.29 is 9.31 Å². The lowest BCUT2D eigenvalue weighted by Crippen LogP contribution is -2.41. The molecule has 1 atom stereocenters. The van der Waals surface area contributed by atoms with E-state index in [0.29, 0.717) is 0 Å². The molecular formula is C15H22BNO2. The van der Waals surface area contributed by atoms with Crippen molar-refractivity contribution in [1.82, 2.24) is 0 Å². The summed E-state index contributed by atoms with van der Waals surface area (Å²) in [5.74, 6) is 0. The number of hydrogen-bond acceptors (Lipinski definition) is 3. The van der Waals surface area contributed by atoms with Crippen LogP contribution in [0.1, 0.15) is 51.3 Å². The van der Waals surface area contributed by atoms with Crippen LogP contribution in [0.3, 0.4) is 0 Å². The Labute approximate surface area is 115 Å². The fraction of sp³-hybridized carbons (Fsp3) is 0.600. The van der Waals surface area contributed by atoms with E-state index in [2.05, 4.69) is 45.9 Å². The molecule has 1 saturated heterocycles. The van der Waals surface area contributed by atoms with Gasteiger partial charge >= 0.3 is 7.12 Å². The Bertz CT molecular complexity index is 497. The van der Waals surface area contributed by atoms with Gasteiger partial charge in [0.05, 0.1) is 11.2 Å². The van der Waals surface area contributed by atoms with Crippen molar-refractivity contribution >= 4 is 12.6 Å². The molecule has 3 nitrogen and oxygen atoms in total. The number of aryl methyl sites for hydroxylation is 1. The molecule has 0 spiro atoms. The largest absolute Gasteiger partial charge is 0.495 e. The fourth-order valence-electron chi connectivity index (χ4n) is 2.93. The van der Waals surface area contributed by atoms with Crippen LogP contribution in [0.5, 0.6) is 0 Å². The van der Waals surface area contributed by atoms with Crippen LogP contribution in [-0.2, 0) is 15.7 Å². The van der Waals surface area contributed by atoms with Crippen LogP contribution >= 0.6 is 0 Å². The third-order valence-electron chi connectivity index (χ3n) is 4.83. The van der Waals surface area contributed by atoms with Crippen molar-refractivity contribution in [3.05, 3.63) is 29.3 Å². The molecule has 1 aliphatic heterocycles. The SMILES string of the molecule is CC1(C)OB(c2cccc3c2C(N)CC3)OC1(C)C. The highest BCUT2D eigenvalue weighted by Gasteiger charge is 2.52. The number of hydrogen-bond donors (Lipinski definition) is 1. The molecule has 3 rings (SSSR count). The minimum Gasteiger partial charge on any atom is -0.399 e. The van der Waals surface area contributed by atoms with Crippen LogP contribution in [0.4, 0.5) is 0 Å². The van der Waals surface area contributed by atoms with Crippen molar-refractivity contribution in [3.8, 4) is 0 Å². The first-order valence-corrected chi connectivity index (χ1v) is 7.05. The molecule has 0 radical (unpaired) electrons. The molecule has 1 unspecified atom stereocenters. The van der Waals surface area contributed by atoms with Crippen molar-refractivity contribution in [3.63, 3.8) is 0 Å². The quantitative estimate of drug-likeness (QED) is 0.784. The number of nitrogens with two attached hydrogens (primary N) is 1. The monoisotopic (exact) mass is 259 g/mol. The normalized spacial score (nSPS) is 27.6. The summed E-state index contributed by atoms with van der Waals surface area (Å²) in [4.78, 5) is 0. The molecular weight excluding hydrogens is 237 g/mol. The summed E-state index contributed by atoms with van der Waals surface area (Å²) >= 11 is 0. The zero-order valence-electron chi connectivity index (χ0n) is 12.2. The van der Waals surface area contributed by atoms with Crippen molar-refractivity contribution in [2.24, 2.45) is 5.73 Å². The Hall–Kier alpha value is -0.835. The van der Waals surface area contributed by atoms with E-state index in [-0.39, 0.29) is 24.4 Å². The molecule has 1 heterocycles. The molecule has 0 amide bonds. The number of benzene rings is 1. The fourth-order valence-corrected chi connectivity index (χ4v) is 2.93. The Balaban J connectivity index is 2.00. The smallest absolute Gasteiger partial charge is 0.399 e. The first-order chi connectivity index (χ1) is 8.82. The average molecular weight is 259 g/mol. The van der Waals surface area contributed by atoms with E-state index in [1.54, 1.807) is 0 Å². The highest BCUT2D eigenvalue weighted by Crippen LogP contribution is 2.38. The maximum absolute atomic E-state index is 6.24. The summed E-state index contributed by atoms with van der Waals surface area (Å²) in [6.07, 6.45) is 2.08. The average Bonchev–Trinajstić information content (AvgIpc) is 2.78. The van der Waals surface area contributed by atoms with Crippen LogP contribution in [0.25, 0.3) is 0 Å². The van der Waals surface area contributed by atoms with Crippen LogP contribution in [0.15, 0.2) is 18.2 Å². The van der Waals surface area contributed by atoms with Crippen LogP contribution < -0.4 is 11.2 Å².